The Balaban J connectivity index is 1.84. The number of anilines is 1. The average Bonchev–Trinajstić information content (AvgIpc) is 2.37. The van der Waals surface area contributed by atoms with Gasteiger partial charge in [-0.3, -0.25) is 0 Å². The van der Waals surface area contributed by atoms with Crippen molar-refractivity contribution in [3.8, 4) is 0 Å². The second-order valence-electron chi connectivity index (χ2n) is 5.19. The highest BCUT2D eigenvalue weighted by molar-refractivity contribution is 5.54. The van der Waals surface area contributed by atoms with Crippen molar-refractivity contribution in [2.45, 2.75) is 33.2 Å². The van der Waals surface area contributed by atoms with Crippen molar-refractivity contribution in [2.24, 2.45) is 0 Å². The van der Waals surface area contributed by atoms with Crippen molar-refractivity contribution in [1.29, 1.82) is 0 Å². The molecule has 1 aromatic rings. The van der Waals surface area contributed by atoms with Gasteiger partial charge >= 0.3 is 0 Å². The molecule has 3 nitrogen and oxygen atoms in total. The van der Waals surface area contributed by atoms with E-state index in [1.165, 1.54) is 22.4 Å². The summed E-state index contributed by atoms with van der Waals surface area (Å²) in [5.41, 5.74) is 5.29. The average molecular weight is 248 g/mol. The molecular weight excluding hydrogens is 224 g/mol. The minimum Gasteiger partial charge on any atom is -0.385 e. The Morgan fingerprint density at radius 2 is 2.00 bits per heavy atom. The molecule has 0 radical (unpaired) electrons. The van der Waals surface area contributed by atoms with Crippen molar-refractivity contribution in [1.82, 2.24) is 5.32 Å². The molecule has 1 aliphatic heterocycles. The zero-order valence-electron chi connectivity index (χ0n) is 11.7. The Labute approximate surface area is 110 Å². The smallest absolute Gasteiger partial charge is 0.0620 e. The first-order chi connectivity index (χ1) is 8.66. The van der Waals surface area contributed by atoms with E-state index in [4.69, 9.17) is 4.74 Å². The Hall–Kier alpha value is -1.06. The lowest BCUT2D eigenvalue weighted by atomic mass is 10.0. The summed E-state index contributed by atoms with van der Waals surface area (Å²) in [6.45, 7) is 10.1. The molecule has 1 fully saturated rings. The van der Waals surface area contributed by atoms with Crippen LogP contribution in [0.4, 0.5) is 5.69 Å². The van der Waals surface area contributed by atoms with Gasteiger partial charge in [-0.25, -0.2) is 0 Å². The third-order valence-corrected chi connectivity index (χ3v) is 3.65. The van der Waals surface area contributed by atoms with E-state index < -0.39 is 0 Å². The van der Waals surface area contributed by atoms with Crippen LogP contribution < -0.4 is 10.6 Å². The number of rotatable bonds is 4. The van der Waals surface area contributed by atoms with Gasteiger partial charge in [0.05, 0.1) is 13.2 Å². The van der Waals surface area contributed by atoms with Gasteiger partial charge < -0.3 is 15.4 Å². The first-order valence-electron chi connectivity index (χ1n) is 6.79. The first kappa shape index (κ1) is 13.4. The Kier molecular flexibility index (Phi) is 4.61. The third-order valence-electron chi connectivity index (χ3n) is 3.65. The normalized spacial score (nSPS) is 19.8. The van der Waals surface area contributed by atoms with E-state index in [1.807, 2.05) is 0 Å². The quantitative estimate of drug-likeness (QED) is 0.858. The maximum atomic E-state index is 5.45. The third kappa shape index (κ3) is 3.47. The van der Waals surface area contributed by atoms with Gasteiger partial charge in [0, 0.05) is 24.8 Å². The first-order valence-corrected chi connectivity index (χ1v) is 6.79. The SMILES string of the molecule is Cc1cc(C)c(NCCC2COCCN2)cc1C. The molecule has 1 atom stereocenters. The predicted molar refractivity (Wildman–Crippen MR) is 76.4 cm³/mol. The topological polar surface area (TPSA) is 33.3 Å². The number of aryl methyl sites for hydroxylation is 3. The Bertz CT molecular complexity index is 398. The minimum atomic E-state index is 0.498. The van der Waals surface area contributed by atoms with E-state index in [1.54, 1.807) is 0 Å². The summed E-state index contributed by atoms with van der Waals surface area (Å²) in [6.07, 6.45) is 1.10. The lowest BCUT2D eigenvalue weighted by molar-refractivity contribution is 0.0753. The largest absolute Gasteiger partial charge is 0.385 e. The lowest BCUT2D eigenvalue weighted by Crippen LogP contribution is -2.42. The van der Waals surface area contributed by atoms with E-state index in [0.29, 0.717) is 6.04 Å². The Morgan fingerprint density at radius 3 is 2.72 bits per heavy atom. The van der Waals surface area contributed by atoms with Gasteiger partial charge in [-0.15, -0.1) is 0 Å². The van der Waals surface area contributed by atoms with Gasteiger partial charge in [0.1, 0.15) is 0 Å². The van der Waals surface area contributed by atoms with Gasteiger partial charge in [0.25, 0.3) is 0 Å². The number of hydrogen-bond acceptors (Lipinski definition) is 3. The molecule has 3 heteroatoms. The molecule has 1 aromatic carbocycles. The maximum Gasteiger partial charge on any atom is 0.0620 e. The second-order valence-corrected chi connectivity index (χ2v) is 5.19. The monoisotopic (exact) mass is 248 g/mol. The minimum absolute atomic E-state index is 0.498. The summed E-state index contributed by atoms with van der Waals surface area (Å²) >= 11 is 0. The standard InChI is InChI=1S/C15H24N2O/c1-11-8-13(3)15(9-12(11)2)17-5-4-14-10-18-7-6-16-14/h8-9,14,16-17H,4-7,10H2,1-3H3. The Morgan fingerprint density at radius 1 is 1.22 bits per heavy atom. The van der Waals surface area contributed by atoms with Crippen LogP contribution in [0, 0.1) is 20.8 Å². The van der Waals surface area contributed by atoms with E-state index >= 15 is 0 Å². The van der Waals surface area contributed by atoms with E-state index in [-0.39, 0.29) is 0 Å². The fourth-order valence-electron chi connectivity index (χ4n) is 2.34. The second kappa shape index (κ2) is 6.21. The van der Waals surface area contributed by atoms with Crippen LogP contribution in [0.2, 0.25) is 0 Å². The van der Waals surface area contributed by atoms with Crippen molar-refractivity contribution in [3.05, 3.63) is 28.8 Å². The summed E-state index contributed by atoms with van der Waals surface area (Å²) in [5, 5.41) is 7.01. The summed E-state index contributed by atoms with van der Waals surface area (Å²) in [5.74, 6) is 0. The molecule has 18 heavy (non-hydrogen) atoms. The summed E-state index contributed by atoms with van der Waals surface area (Å²) in [6, 6.07) is 4.99. The molecule has 0 aliphatic carbocycles. The van der Waals surface area contributed by atoms with Gasteiger partial charge in [-0.1, -0.05) is 6.07 Å². The van der Waals surface area contributed by atoms with Crippen LogP contribution in [0.25, 0.3) is 0 Å². The molecule has 1 unspecified atom stereocenters. The molecule has 100 valence electrons. The van der Waals surface area contributed by atoms with Crippen molar-refractivity contribution >= 4 is 5.69 Å². The molecular formula is C15H24N2O. The summed E-state index contributed by atoms with van der Waals surface area (Å²) < 4.78 is 5.45. The lowest BCUT2D eigenvalue weighted by Gasteiger charge is -2.24. The number of hydrogen-bond donors (Lipinski definition) is 2. The molecule has 0 bridgehead atoms. The molecule has 2 rings (SSSR count). The van der Waals surface area contributed by atoms with Crippen LogP contribution >= 0.6 is 0 Å². The van der Waals surface area contributed by atoms with Crippen LogP contribution in [0.15, 0.2) is 12.1 Å². The molecule has 2 N–H and O–H groups in total. The number of ether oxygens (including phenoxy) is 1. The van der Waals surface area contributed by atoms with E-state index in [2.05, 4.69) is 43.5 Å². The molecule has 0 aromatic heterocycles. The van der Waals surface area contributed by atoms with E-state index in [0.717, 1.165) is 32.7 Å². The highest BCUT2D eigenvalue weighted by Gasteiger charge is 2.12. The molecule has 1 saturated heterocycles. The van der Waals surface area contributed by atoms with Gasteiger partial charge in [0.2, 0.25) is 0 Å². The van der Waals surface area contributed by atoms with Crippen LogP contribution in [0.5, 0.6) is 0 Å². The van der Waals surface area contributed by atoms with E-state index in [9.17, 15) is 0 Å². The maximum absolute atomic E-state index is 5.45. The van der Waals surface area contributed by atoms with Gasteiger partial charge in [-0.05, 0) is 49.9 Å². The fraction of sp³-hybridized carbons (Fsp3) is 0.600. The van der Waals surface area contributed by atoms with Crippen molar-refractivity contribution < 1.29 is 4.74 Å². The molecule has 1 heterocycles. The molecule has 0 amide bonds. The zero-order valence-corrected chi connectivity index (χ0v) is 11.7. The molecule has 0 spiro atoms. The van der Waals surface area contributed by atoms with Crippen molar-refractivity contribution in [2.75, 3.05) is 31.6 Å². The number of benzene rings is 1. The zero-order chi connectivity index (χ0) is 13.0. The van der Waals surface area contributed by atoms with Gasteiger partial charge in [0.15, 0.2) is 0 Å². The van der Waals surface area contributed by atoms with Crippen LogP contribution in [-0.2, 0) is 4.74 Å². The molecule has 0 saturated carbocycles. The highest BCUT2D eigenvalue weighted by Crippen LogP contribution is 2.20. The van der Waals surface area contributed by atoms with Crippen LogP contribution in [0.3, 0.4) is 0 Å². The fourth-order valence-corrected chi connectivity index (χ4v) is 2.34. The number of morpholine rings is 1. The van der Waals surface area contributed by atoms with Crippen LogP contribution in [0.1, 0.15) is 23.1 Å². The highest BCUT2D eigenvalue weighted by atomic mass is 16.5. The van der Waals surface area contributed by atoms with Crippen molar-refractivity contribution in [3.63, 3.8) is 0 Å². The van der Waals surface area contributed by atoms with Crippen LogP contribution in [-0.4, -0.2) is 32.3 Å². The molecule has 1 aliphatic rings. The summed E-state index contributed by atoms with van der Waals surface area (Å²) in [4.78, 5) is 0. The number of nitrogens with one attached hydrogen (secondary N) is 2. The predicted octanol–water partition coefficient (Wildman–Crippen LogP) is 2.40. The van der Waals surface area contributed by atoms with Gasteiger partial charge in [-0.2, -0.15) is 0 Å². The summed E-state index contributed by atoms with van der Waals surface area (Å²) in [7, 11) is 0.